The van der Waals surface area contributed by atoms with Gasteiger partial charge in [-0.15, -0.1) is 0 Å². The van der Waals surface area contributed by atoms with Crippen LogP contribution in [0.3, 0.4) is 0 Å². The number of aryl methyl sites for hydroxylation is 1. The molecule has 2 nitrogen and oxygen atoms in total. The van der Waals surface area contributed by atoms with Gasteiger partial charge < -0.3 is 0 Å². The maximum Gasteiger partial charge on any atom is 0.149 e. The van der Waals surface area contributed by atoms with Gasteiger partial charge in [-0.05, 0) is 38.7 Å². The van der Waals surface area contributed by atoms with Crippen LogP contribution in [0.2, 0.25) is 0 Å². The van der Waals surface area contributed by atoms with Gasteiger partial charge in [0.1, 0.15) is 11.4 Å². The van der Waals surface area contributed by atoms with Crippen molar-refractivity contribution in [3.8, 4) is 0 Å². The Balaban J connectivity index is 2.46. The molecule has 0 saturated heterocycles. The molecular formula is C9H13FN2. The Morgan fingerprint density at radius 3 is 2.83 bits per heavy atom. The van der Waals surface area contributed by atoms with Crippen LogP contribution in [0, 0.1) is 0 Å². The number of rotatable bonds is 1. The molecule has 0 radical (unpaired) electrons. The Bertz CT molecular complexity index is 296. The molecule has 0 saturated carbocycles. The molecule has 0 aliphatic heterocycles. The average Bonchev–Trinajstić information content (AvgIpc) is 2.37. The van der Waals surface area contributed by atoms with Gasteiger partial charge in [0, 0.05) is 5.69 Å². The quantitative estimate of drug-likeness (QED) is 0.683. The summed E-state index contributed by atoms with van der Waals surface area (Å²) in [6.07, 6.45) is 3.14. The Hall–Kier alpha value is -0.860. The van der Waals surface area contributed by atoms with Gasteiger partial charge in [-0.2, -0.15) is 5.10 Å². The Morgan fingerprint density at radius 1 is 1.42 bits per heavy atom. The first-order valence-corrected chi connectivity index (χ1v) is 4.34. The second-order valence-electron chi connectivity index (χ2n) is 3.86. The van der Waals surface area contributed by atoms with E-state index in [1.54, 1.807) is 13.8 Å². The third kappa shape index (κ3) is 1.04. The molecule has 66 valence electrons. The standard InChI is InChI=1S/C9H13FN2/c1-9(2,10)8-6-4-3-5-7(6)11-12-8/h3-5H2,1-2H3,(H,11,12). The number of aromatic amines is 1. The van der Waals surface area contributed by atoms with Crippen LogP contribution in [0.5, 0.6) is 0 Å². The Kier molecular flexibility index (Phi) is 1.50. The summed E-state index contributed by atoms with van der Waals surface area (Å²) in [4.78, 5) is 0. The van der Waals surface area contributed by atoms with E-state index in [0.29, 0.717) is 5.69 Å². The zero-order valence-corrected chi connectivity index (χ0v) is 7.45. The minimum atomic E-state index is -1.30. The van der Waals surface area contributed by atoms with Crippen molar-refractivity contribution in [1.82, 2.24) is 10.2 Å². The molecule has 1 aliphatic carbocycles. The number of hydrogen-bond acceptors (Lipinski definition) is 1. The van der Waals surface area contributed by atoms with Crippen molar-refractivity contribution in [3.63, 3.8) is 0 Å². The van der Waals surface area contributed by atoms with Crippen molar-refractivity contribution in [2.45, 2.75) is 38.8 Å². The van der Waals surface area contributed by atoms with Crippen LogP contribution in [0.25, 0.3) is 0 Å². The second kappa shape index (κ2) is 2.31. The smallest absolute Gasteiger partial charge is 0.149 e. The van der Waals surface area contributed by atoms with Crippen LogP contribution >= 0.6 is 0 Å². The first-order valence-electron chi connectivity index (χ1n) is 4.34. The van der Waals surface area contributed by atoms with E-state index < -0.39 is 5.67 Å². The fraction of sp³-hybridized carbons (Fsp3) is 0.667. The molecular weight excluding hydrogens is 155 g/mol. The first-order chi connectivity index (χ1) is 5.59. The maximum absolute atomic E-state index is 13.5. The topological polar surface area (TPSA) is 28.7 Å². The zero-order valence-electron chi connectivity index (χ0n) is 7.45. The highest BCUT2D eigenvalue weighted by Gasteiger charge is 2.29. The summed E-state index contributed by atoms with van der Waals surface area (Å²) in [7, 11) is 0. The van der Waals surface area contributed by atoms with E-state index in [-0.39, 0.29) is 0 Å². The summed E-state index contributed by atoms with van der Waals surface area (Å²) in [5.41, 5.74) is 1.56. The van der Waals surface area contributed by atoms with Gasteiger partial charge in [-0.3, -0.25) is 5.10 Å². The number of fused-ring (bicyclic) bond motifs is 1. The summed E-state index contributed by atoms with van der Waals surface area (Å²) in [6.45, 7) is 3.11. The first kappa shape index (κ1) is 7.77. The highest BCUT2D eigenvalue weighted by Crippen LogP contribution is 2.31. The lowest BCUT2D eigenvalue weighted by Crippen LogP contribution is -2.12. The van der Waals surface area contributed by atoms with E-state index in [2.05, 4.69) is 10.2 Å². The van der Waals surface area contributed by atoms with Gasteiger partial charge in [0.05, 0.1) is 0 Å². The van der Waals surface area contributed by atoms with Crippen LogP contribution in [-0.4, -0.2) is 10.2 Å². The number of nitrogens with one attached hydrogen (secondary N) is 1. The normalized spacial score (nSPS) is 16.6. The maximum atomic E-state index is 13.5. The van der Waals surface area contributed by atoms with E-state index in [0.717, 1.165) is 30.5 Å². The van der Waals surface area contributed by atoms with Crippen molar-refractivity contribution < 1.29 is 4.39 Å². The molecule has 0 amide bonds. The highest BCUT2D eigenvalue weighted by atomic mass is 19.1. The molecule has 12 heavy (non-hydrogen) atoms. The number of nitrogens with zero attached hydrogens (tertiary/aromatic N) is 1. The fourth-order valence-electron chi connectivity index (χ4n) is 1.81. The summed E-state index contributed by atoms with van der Waals surface area (Å²) in [5.74, 6) is 0. The lowest BCUT2D eigenvalue weighted by molar-refractivity contribution is 0.212. The molecule has 0 aromatic carbocycles. The van der Waals surface area contributed by atoms with E-state index in [4.69, 9.17) is 0 Å². The molecule has 0 spiro atoms. The lowest BCUT2D eigenvalue weighted by Gasteiger charge is -2.11. The SMILES string of the molecule is CC(C)(F)c1n[nH]c2c1CCC2. The van der Waals surface area contributed by atoms with E-state index in [1.807, 2.05) is 0 Å². The van der Waals surface area contributed by atoms with Crippen LogP contribution in [0.15, 0.2) is 0 Å². The minimum absolute atomic E-state index is 0.606. The Labute approximate surface area is 71.2 Å². The molecule has 0 unspecified atom stereocenters. The minimum Gasteiger partial charge on any atom is -0.282 e. The molecule has 1 heterocycles. The molecule has 0 fully saturated rings. The number of alkyl halides is 1. The fourth-order valence-corrected chi connectivity index (χ4v) is 1.81. The van der Waals surface area contributed by atoms with Crippen LogP contribution in [0.1, 0.15) is 37.2 Å². The predicted octanol–water partition coefficient (Wildman–Crippen LogP) is 2.10. The monoisotopic (exact) mass is 168 g/mol. The van der Waals surface area contributed by atoms with Crippen molar-refractivity contribution in [1.29, 1.82) is 0 Å². The predicted molar refractivity (Wildman–Crippen MR) is 44.7 cm³/mol. The van der Waals surface area contributed by atoms with Crippen LogP contribution < -0.4 is 0 Å². The van der Waals surface area contributed by atoms with Gasteiger partial charge in [0.25, 0.3) is 0 Å². The highest BCUT2D eigenvalue weighted by molar-refractivity contribution is 5.32. The van der Waals surface area contributed by atoms with Gasteiger partial charge in [-0.25, -0.2) is 4.39 Å². The summed E-state index contributed by atoms with van der Waals surface area (Å²) < 4.78 is 13.5. The van der Waals surface area contributed by atoms with Crippen LogP contribution in [-0.2, 0) is 18.5 Å². The summed E-state index contributed by atoms with van der Waals surface area (Å²) in [6, 6.07) is 0. The molecule has 0 bridgehead atoms. The van der Waals surface area contributed by atoms with Crippen molar-refractivity contribution in [3.05, 3.63) is 17.0 Å². The second-order valence-corrected chi connectivity index (χ2v) is 3.86. The van der Waals surface area contributed by atoms with E-state index in [9.17, 15) is 4.39 Å². The van der Waals surface area contributed by atoms with Crippen LogP contribution in [0.4, 0.5) is 4.39 Å². The molecule has 1 aromatic rings. The van der Waals surface area contributed by atoms with Crippen molar-refractivity contribution in [2.24, 2.45) is 0 Å². The van der Waals surface area contributed by atoms with Crippen molar-refractivity contribution in [2.75, 3.05) is 0 Å². The van der Waals surface area contributed by atoms with E-state index in [1.165, 1.54) is 0 Å². The largest absolute Gasteiger partial charge is 0.282 e. The molecule has 1 N–H and O–H groups in total. The number of H-pyrrole nitrogens is 1. The van der Waals surface area contributed by atoms with Crippen molar-refractivity contribution >= 4 is 0 Å². The van der Waals surface area contributed by atoms with Gasteiger partial charge in [-0.1, -0.05) is 0 Å². The third-order valence-corrected chi connectivity index (χ3v) is 2.37. The molecule has 0 atom stereocenters. The Morgan fingerprint density at radius 2 is 2.17 bits per heavy atom. The molecule has 2 rings (SSSR count). The summed E-state index contributed by atoms with van der Waals surface area (Å²) >= 11 is 0. The number of hydrogen-bond donors (Lipinski definition) is 1. The van der Waals surface area contributed by atoms with Gasteiger partial charge in [0.15, 0.2) is 0 Å². The number of aromatic nitrogens is 2. The third-order valence-electron chi connectivity index (χ3n) is 2.37. The molecule has 1 aromatic heterocycles. The van der Waals surface area contributed by atoms with Gasteiger partial charge in [0.2, 0.25) is 0 Å². The van der Waals surface area contributed by atoms with E-state index >= 15 is 0 Å². The molecule has 1 aliphatic rings. The average molecular weight is 168 g/mol. The van der Waals surface area contributed by atoms with Gasteiger partial charge >= 0.3 is 0 Å². The lowest BCUT2D eigenvalue weighted by atomic mass is 10.0. The number of halogens is 1. The zero-order chi connectivity index (χ0) is 8.77. The summed E-state index contributed by atoms with van der Waals surface area (Å²) in [5, 5.41) is 6.91. The molecule has 3 heteroatoms.